The van der Waals surface area contributed by atoms with Gasteiger partial charge in [0.05, 0.1) is 45.4 Å². The monoisotopic (exact) mass is 1920 g/mol. The maximum absolute atomic E-state index is 12.3. The van der Waals surface area contributed by atoms with Crippen molar-refractivity contribution in [2.75, 3.05) is 49.1 Å². The van der Waals surface area contributed by atoms with E-state index >= 15 is 0 Å². The lowest BCUT2D eigenvalue weighted by molar-refractivity contribution is -0.127. The molecule has 1 aliphatic carbocycles. The molecule has 8 aromatic heterocycles. The number of carbonyl (C=O) groups is 1. The number of ether oxygens (including phenoxy) is 8. The zero-order chi connectivity index (χ0) is 98.6. The number of amides is 1. The molecule has 0 radical (unpaired) electrons. The number of nitrogens with two attached hydrogens (primary N) is 4. The second-order valence-corrected chi connectivity index (χ2v) is 35.0. The van der Waals surface area contributed by atoms with Crippen molar-refractivity contribution in [2.24, 2.45) is 0 Å². The highest BCUT2D eigenvalue weighted by atomic mass is 16.5. The second-order valence-electron chi connectivity index (χ2n) is 35.0. The molecule has 10 heterocycles. The summed E-state index contributed by atoms with van der Waals surface area (Å²) in [6, 6.07) is 102. The Hall–Kier alpha value is -18.4. The summed E-state index contributed by atoms with van der Waals surface area (Å²) in [6.07, 6.45) is 15.8. The molecule has 0 bridgehead atoms. The van der Waals surface area contributed by atoms with E-state index in [1.165, 1.54) is 44.2 Å². The first kappa shape index (κ1) is 94.2. The fourth-order valence-electron chi connectivity index (χ4n) is 17.9. The predicted octanol–water partition coefficient (Wildman–Crippen LogP) is 22.7. The lowest BCUT2D eigenvalue weighted by Gasteiger charge is -2.32. The van der Waals surface area contributed by atoms with Crippen molar-refractivity contribution in [3.63, 3.8) is 0 Å². The maximum Gasteiger partial charge on any atom is 0.246 e. The van der Waals surface area contributed by atoms with Crippen LogP contribution in [0.3, 0.4) is 0 Å². The first-order valence-electron chi connectivity index (χ1n) is 48.1. The molecule has 1 amide bonds. The molecule has 3 fully saturated rings. The van der Waals surface area contributed by atoms with Gasteiger partial charge < -0.3 is 71.0 Å². The minimum atomic E-state index is -0.0793. The fraction of sp³-hybridized carbons (Fsp3) is 0.167. The largest absolute Gasteiger partial charge is 0.489 e. The topological polar surface area (TPSA) is 396 Å². The number of aromatic nitrogens is 16. The first-order valence-corrected chi connectivity index (χ1v) is 48.1. The van der Waals surface area contributed by atoms with E-state index in [4.69, 9.17) is 76.1 Å². The smallest absolute Gasteiger partial charge is 0.246 e. The van der Waals surface area contributed by atoms with Crippen LogP contribution in [-0.4, -0.2) is 116 Å². The highest BCUT2D eigenvalue weighted by Gasteiger charge is 2.31. The van der Waals surface area contributed by atoms with Crippen LogP contribution in [0.25, 0.3) is 89.2 Å². The van der Waals surface area contributed by atoms with Crippen LogP contribution in [0.2, 0.25) is 0 Å². The van der Waals surface area contributed by atoms with Crippen LogP contribution in [0, 0.1) is 0 Å². The average molecular weight is 1930 g/mol. The van der Waals surface area contributed by atoms with E-state index in [1.54, 1.807) is 4.90 Å². The number of carbonyl (C=O) groups excluding carboxylic acids is 1. The Morgan fingerprint density at radius 1 is 0.338 bits per heavy atom. The maximum atomic E-state index is 12.3. The molecule has 20 aromatic rings. The van der Waals surface area contributed by atoms with E-state index in [2.05, 4.69) is 62.0 Å². The van der Waals surface area contributed by atoms with Crippen LogP contribution in [0.5, 0.6) is 69.0 Å². The molecule has 3 aliphatic rings. The molecule has 2 aliphatic heterocycles. The van der Waals surface area contributed by atoms with Gasteiger partial charge in [-0.15, -0.1) is 0 Å². The number of nitrogens with zero attached hydrogens (tertiary/aromatic N) is 16. The Morgan fingerprint density at radius 3 is 1.02 bits per heavy atom. The minimum Gasteiger partial charge on any atom is -0.489 e. The molecular weight excluding hydrogens is 1820 g/mol. The standard InChI is InChI=1S/C32H30N6O3.C29H28N6O2.C29H27N5O2.C24H19N5O2/c1-2-28(39)37-17-7-10-24(19-37)38-32-29(31(33)34-21-35-32)30(36-38)23-13-15-25(16-14-23)41-27-12-6-11-26(18-27)40-20-22-8-4-3-5-9-22;30-28-26-27(34-35(29(26)33-19-32-28)22-8-5-15-31-17-22)21-11-13-23(14-12-21)37-25-10-4-9-24(16-25)36-18-20-6-2-1-3-7-20;30-28-26-27(33-34(22-9-4-5-10-22)29(26)32-19-31-28)21-13-15-23(16-14-21)36-25-12-6-11-24(17-25)35-18-20-7-2-1-3-8-20;25-23-21-22(28-29-24(21)27-15-26-23)17-9-11-18(12-10-17)31-20-8-4-7-19(13-20)30-14-16-5-2-1-3-6-16/h2-6,8-9,11-16,18,21,24H,1,7,10,17,19-20H2,(H2,33,34,35);1-4,6-7,9-14,16,19,22,31H,5,8,15,17-18H2,(H2,30,32,33);1-3,6-8,11-17,19,22H,4-5,9-10,18H2,(H2,30,31,32);1-13,15H,14H2,(H3,25,26,27,28,29)/t24-;22-;;/m11../s1. The van der Waals surface area contributed by atoms with E-state index in [0.29, 0.717) is 137 Å². The van der Waals surface area contributed by atoms with Crippen LogP contribution < -0.4 is 66.1 Å². The molecule has 31 nitrogen and oxygen atoms in total. The summed E-state index contributed by atoms with van der Waals surface area (Å²) in [5, 5.41) is 28.5. The molecule has 0 unspecified atom stereocenters. The number of fused-ring (bicyclic) bond motifs is 4. The van der Waals surface area contributed by atoms with Gasteiger partial charge in [-0.1, -0.05) is 165 Å². The van der Waals surface area contributed by atoms with Gasteiger partial charge in [-0.05, 0) is 219 Å². The molecule has 724 valence electrons. The zero-order valence-corrected chi connectivity index (χ0v) is 79.3. The van der Waals surface area contributed by atoms with E-state index in [-0.39, 0.29) is 18.0 Å². The summed E-state index contributed by atoms with van der Waals surface area (Å²) < 4.78 is 53.9. The Bertz CT molecular complexity index is 7810. The van der Waals surface area contributed by atoms with E-state index in [9.17, 15) is 4.79 Å². The van der Waals surface area contributed by atoms with E-state index < -0.39 is 0 Å². The number of hydrogen-bond donors (Lipinski definition) is 6. The van der Waals surface area contributed by atoms with Crippen LogP contribution >= 0.6 is 0 Å². The van der Waals surface area contributed by atoms with Crippen molar-refractivity contribution in [3.8, 4) is 114 Å². The number of hydrogen-bond acceptors (Lipinski definition) is 26. The fourth-order valence-corrected chi connectivity index (χ4v) is 17.9. The first-order chi connectivity index (χ1) is 71.3. The molecule has 1 saturated carbocycles. The summed E-state index contributed by atoms with van der Waals surface area (Å²) in [7, 11) is 0. The number of nitrogens with one attached hydrogen (secondary N) is 2. The average Bonchev–Trinajstić information content (AvgIpc) is 1.62. The summed E-state index contributed by atoms with van der Waals surface area (Å²) >= 11 is 0. The summed E-state index contributed by atoms with van der Waals surface area (Å²) in [5.41, 5.74) is 38.8. The van der Waals surface area contributed by atoms with E-state index in [1.807, 2.05) is 329 Å². The van der Waals surface area contributed by atoms with Gasteiger partial charge in [0.1, 0.15) is 161 Å². The molecule has 31 heteroatoms. The van der Waals surface area contributed by atoms with Crippen molar-refractivity contribution < 1.29 is 42.7 Å². The van der Waals surface area contributed by atoms with Crippen molar-refractivity contribution >= 4 is 73.3 Å². The van der Waals surface area contributed by atoms with Crippen LogP contribution in [-0.2, 0) is 31.2 Å². The van der Waals surface area contributed by atoms with Crippen LogP contribution in [0.4, 0.5) is 23.3 Å². The number of anilines is 4. The van der Waals surface area contributed by atoms with Gasteiger partial charge in [0.25, 0.3) is 0 Å². The number of nitrogen functional groups attached to an aromatic ring is 4. The second kappa shape index (κ2) is 44.8. The predicted molar refractivity (Wildman–Crippen MR) is 560 cm³/mol. The van der Waals surface area contributed by atoms with E-state index in [0.717, 1.165) is 164 Å². The zero-order valence-electron chi connectivity index (χ0n) is 79.3. The third kappa shape index (κ3) is 22.9. The van der Waals surface area contributed by atoms with Crippen molar-refractivity contribution in [1.82, 2.24) is 89.6 Å². The number of aromatic amines is 1. The van der Waals surface area contributed by atoms with Crippen LogP contribution in [0.15, 0.2) is 353 Å². The molecule has 10 N–H and O–H groups in total. The highest BCUT2D eigenvalue weighted by molar-refractivity contribution is 6.01. The lowest BCUT2D eigenvalue weighted by atomic mass is 10.1. The molecular formula is C114H104N22O9. The van der Waals surface area contributed by atoms with Gasteiger partial charge in [-0.25, -0.2) is 53.9 Å². The van der Waals surface area contributed by atoms with Gasteiger partial charge in [-0.2, -0.15) is 20.4 Å². The Balaban J connectivity index is 0.000000118. The normalized spacial score (nSPS) is 13.9. The quantitative estimate of drug-likeness (QED) is 0.0248. The summed E-state index contributed by atoms with van der Waals surface area (Å²) in [5.74, 6) is 10.1. The van der Waals surface area contributed by atoms with Gasteiger partial charge in [0, 0.05) is 66.2 Å². The molecule has 2 saturated heterocycles. The van der Waals surface area contributed by atoms with Gasteiger partial charge in [-0.3, -0.25) is 9.89 Å². The molecule has 2 atom stereocenters. The number of H-pyrrole nitrogens is 1. The molecule has 145 heavy (non-hydrogen) atoms. The van der Waals surface area contributed by atoms with Crippen molar-refractivity contribution in [3.05, 3.63) is 376 Å². The number of rotatable bonds is 28. The Morgan fingerprint density at radius 2 is 0.662 bits per heavy atom. The number of piperidine rings is 2. The summed E-state index contributed by atoms with van der Waals surface area (Å²) in [4.78, 5) is 48.5. The molecule has 12 aromatic carbocycles. The Kier molecular flexibility index (Phi) is 29.1. The third-order valence-electron chi connectivity index (χ3n) is 25.1. The number of benzene rings is 12. The Labute approximate surface area is 835 Å². The third-order valence-corrected chi connectivity index (χ3v) is 25.1. The molecule has 0 spiro atoms. The van der Waals surface area contributed by atoms with Crippen molar-refractivity contribution in [2.45, 2.75) is 95.9 Å². The van der Waals surface area contributed by atoms with Gasteiger partial charge in [0.15, 0.2) is 22.6 Å². The number of likely N-dealkylation sites (tertiary alicyclic amines) is 1. The van der Waals surface area contributed by atoms with Gasteiger partial charge >= 0.3 is 0 Å². The van der Waals surface area contributed by atoms with Crippen molar-refractivity contribution in [1.29, 1.82) is 0 Å². The summed E-state index contributed by atoms with van der Waals surface area (Å²) in [6.45, 7) is 8.75. The molecule has 23 rings (SSSR count). The van der Waals surface area contributed by atoms with Crippen LogP contribution in [0.1, 0.15) is 91.7 Å². The van der Waals surface area contributed by atoms with Gasteiger partial charge in [0.2, 0.25) is 5.91 Å². The lowest BCUT2D eigenvalue weighted by Crippen LogP contribution is -2.40. The SMILES string of the molecule is C=CC(=O)N1CCC[C@@H](n2nc(-c3ccc(Oc4cccc(OCc5ccccc5)c4)cc3)c3c(N)ncnc32)C1.Nc1ncnc2c1c(-c1ccc(Oc3cccc(OCc4ccccc4)c3)cc1)nn2C1CCCC1.Nc1ncnc2c1c(-c1ccc(Oc3cccc(OCc4ccccc4)c3)cc1)nn2[C@@H]1CCCNC1.Nc1ncnc2n[nH]c(-c3ccc(Oc4cccc(OCc5ccccc5)c4)cc3)c12. The highest BCUT2D eigenvalue weighted by Crippen LogP contribution is 2.43. The minimum absolute atomic E-state index is 0.0304.